The lowest BCUT2D eigenvalue weighted by Crippen LogP contribution is -2.51. The average molecular weight is 539 g/mol. The van der Waals surface area contributed by atoms with Crippen molar-refractivity contribution >= 4 is 22.8 Å². The van der Waals surface area contributed by atoms with Crippen molar-refractivity contribution in [2.24, 2.45) is 0 Å². The van der Waals surface area contributed by atoms with E-state index in [-0.39, 0.29) is 31.1 Å². The Morgan fingerprint density at radius 3 is 2.38 bits per heavy atom. The molecule has 7 nitrogen and oxygen atoms in total. The van der Waals surface area contributed by atoms with Gasteiger partial charge >= 0.3 is 5.97 Å². The van der Waals surface area contributed by atoms with E-state index in [0.717, 1.165) is 22.3 Å². The monoisotopic (exact) mass is 538 g/mol. The summed E-state index contributed by atoms with van der Waals surface area (Å²) in [4.78, 5) is 24.9. The van der Waals surface area contributed by atoms with Gasteiger partial charge in [-0.05, 0) is 58.7 Å². The van der Waals surface area contributed by atoms with Crippen molar-refractivity contribution < 1.29 is 28.9 Å². The summed E-state index contributed by atoms with van der Waals surface area (Å²) < 4.78 is 17.5. The van der Waals surface area contributed by atoms with Crippen molar-refractivity contribution in [1.29, 1.82) is 0 Å². The smallest absolute Gasteiger partial charge is 0.338 e. The molecule has 4 aromatic carbocycles. The molecule has 0 aliphatic carbocycles. The second-order valence-electron chi connectivity index (χ2n) is 9.91. The fourth-order valence-corrected chi connectivity index (χ4v) is 5.05. The number of carboxylic acid groups (broad SMARTS) is 1. The van der Waals surface area contributed by atoms with Gasteiger partial charge in [0.15, 0.2) is 0 Å². The normalized spacial score (nSPS) is 16.9. The number of hydrogen-bond donors (Lipinski definition) is 0. The molecule has 0 spiro atoms. The minimum atomic E-state index is -1.17. The predicted molar refractivity (Wildman–Crippen MR) is 150 cm³/mol. The van der Waals surface area contributed by atoms with E-state index in [4.69, 9.17) is 14.2 Å². The molecule has 0 saturated carbocycles. The highest BCUT2D eigenvalue weighted by molar-refractivity contribution is 5.89. The number of piperidine rings is 1. The molecule has 1 heterocycles. The van der Waals surface area contributed by atoms with Gasteiger partial charge in [0.1, 0.15) is 11.8 Å². The van der Waals surface area contributed by atoms with Crippen molar-refractivity contribution in [3.05, 3.63) is 114 Å². The quantitative estimate of drug-likeness (QED) is 0.204. The molecular formula is C33H32NO6-. The minimum absolute atomic E-state index is 0.0440. The van der Waals surface area contributed by atoms with Gasteiger partial charge in [0.2, 0.25) is 0 Å². The zero-order chi connectivity index (χ0) is 27.7. The second kappa shape index (κ2) is 13.1. The third-order valence-electron chi connectivity index (χ3n) is 7.20. The van der Waals surface area contributed by atoms with Crippen molar-refractivity contribution in [3.63, 3.8) is 0 Å². The summed E-state index contributed by atoms with van der Waals surface area (Å²) in [6.07, 6.45) is -0.254. The Labute approximate surface area is 233 Å². The summed E-state index contributed by atoms with van der Waals surface area (Å²) in [6, 6.07) is 31.1. The maximum absolute atomic E-state index is 12.0. The molecule has 1 amide bonds. The number of esters is 1. The summed E-state index contributed by atoms with van der Waals surface area (Å²) in [7, 11) is 0. The Kier molecular flexibility index (Phi) is 8.93. The SMILES string of the molecule is O=C(OCCCOc1ccc(C2CCN(C(=O)[O-])CC2OCc2ccc3ccccc3c2)cc1)c1ccccc1. The van der Waals surface area contributed by atoms with Crippen LogP contribution >= 0.6 is 0 Å². The standard InChI is InChI=1S/C33H33NO6/c35-32(27-8-2-1-3-9-27)39-20-6-19-38-29-15-13-26(14-16-29)30-17-18-34(33(36)37)22-31(30)40-23-24-11-12-25-7-4-5-10-28(25)21-24/h1-5,7-16,21,30-31H,6,17-20,22-23H2,(H,36,37)/p-1. The van der Waals surface area contributed by atoms with Crippen molar-refractivity contribution in [3.8, 4) is 5.75 Å². The van der Waals surface area contributed by atoms with Gasteiger partial charge in [-0.3, -0.25) is 0 Å². The fourth-order valence-electron chi connectivity index (χ4n) is 5.05. The van der Waals surface area contributed by atoms with E-state index in [1.807, 2.05) is 48.5 Å². The second-order valence-corrected chi connectivity index (χ2v) is 9.91. The molecule has 0 N–H and O–H groups in total. The largest absolute Gasteiger partial charge is 0.530 e. The van der Waals surface area contributed by atoms with Crippen molar-refractivity contribution in [1.82, 2.24) is 4.90 Å². The van der Waals surface area contributed by atoms with Crippen LogP contribution in [-0.4, -0.2) is 49.4 Å². The predicted octanol–water partition coefficient (Wildman–Crippen LogP) is 5.18. The van der Waals surface area contributed by atoms with E-state index in [1.54, 1.807) is 24.3 Å². The number of hydrogen-bond acceptors (Lipinski definition) is 6. The summed E-state index contributed by atoms with van der Waals surface area (Å²) in [5.41, 5.74) is 2.65. The summed E-state index contributed by atoms with van der Waals surface area (Å²) in [5, 5.41) is 13.9. The van der Waals surface area contributed by atoms with E-state index in [2.05, 4.69) is 24.3 Å². The number of likely N-dealkylation sites (tertiary alicyclic amines) is 1. The zero-order valence-corrected chi connectivity index (χ0v) is 22.2. The molecule has 1 fully saturated rings. The highest BCUT2D eigenvalue weighted by atomic mass is 16.5. The highest BCUT2D eigenvalue weighted by Crippen LogP contribution is 2.32. The van der Waals surface area contributed by atoms with E-state index in [1.165, 1.54) is 10.3 Å². The Bertz CT molecular complexity index is 1420. The number of carbonyl (C=O) groups is 2. The van der Waals surface area contributed by atoms with Gasteiger partial charge in [0, 0.05) is 25.4 Å². The number of fused-ring (bicyclic) bond motifs is 1. The maximum Gasteiger partial charge on any atom is 0.338 e. The van der Waals surface area contributed by atoms with Gasteiger partial charge in [-0.2, -0.15) is 0 Å². The third kappa shape index (κ3) is 6.98. The number of amides is 1. The van der Waals surface area contributed by atoms with Crippen LogP contribution in [0.4, 0.5) is 4.79 Å². The van der Waals surface area contributed by atoms with Crippen LogP contribution in [0.5, 0.6) is 5.75 Å². The van der Waals surface area contributed by atoms with Crippen molar-refractivity contribution in [2.45, 2.75) is 31.5 Å². The molecule has 40 heavy (non-hydrogen) atoms. The van der Waals surface area contributed by atoms with Gasteiger partial charge in [0.25, 0.3) is 0 Å². The van der Waals surface area contributed by atoms with Crippen LogP contribution < -0.4 is 9.84 Å². The first-order valence-corrected chi connectivity index (χ1v) is 13.6. The molecule has 1 aliphatic heterocycles. The molecular weight excluding hydrogens is 506 g/mol. The van der Waals surface area contributed by atoms with Crippen LogP contribution in [0, 0.1) is 0 Å². The molecule has 5 rings (SSSR count). The summed E-state index contributed by atoms with van der Waals surface area (Å²) >= 11 is 0. The fraction of sp³-hybridized carbons (Fsp3) is 0.273. The summed E-state index contributed by atoms with van der Waals surface area (Å²) in [5.74, 6) is 0.425. The first-order chi connectivity index (χ1) is 19.6. The van der Waals surface area contributed by atoms with Crippen molar-refractivity contribution in [2.75, 3.05) is 26.3 Å². The van der Waals surface area contributed by atoms with Gasteiger partial charge in [-0.15, -0.1) is 0 Å². The first-order valence-electron chi connectivity index (χ1n) is 13.6. The van der Waals surface area contributed by atoms with Crippen LogP contribution in [0.2, 0.25) is 0 Å². The van der Waals surface area contributed by atoms with Crippen LogP contribution in [0.3, 0.4) is 0 Å². The van der Waals surface area contributed by atoms with E-state index < -0.39 is 6.09 Å². The molecule has 2 atom stereocenters. The van der Waals surface area contributed by atoms with Gasteiger partial charge in [-0.25, -0.2) is 4.79 Å². The highest BCUT2D eigenvalue weighted by Gasteiger charge is 2.31. The third-order valence-corrected chi connectivity index (χ3v) is 7.20. The van der Waals surface area contributed by atoms with Gasteiger partial charge < -0.3 is 29.0 Å². The lowest BCUT2D eigenvalue weighted by molar-refractivity contribution is -0.268. The summed E-state index contributed by atoms with van der Waals surface area (Å²) in [6.45, 7) is 1.76. The first kappa shape index (κ1) is 27.2. The van der Waals surface area contributed by atoms with Crippen LogP contribution in [0.25, 0.3) is 10.8 Å². The number of ether oxygens (including phenoxy) is 3. The molecule has 0 aromatic heterocycles. The number of benzene rings is 4. The molecule has 7 heteroatoms. The van der Waals surface area contributed by atoms with E-state index in [9.17, 15) is 14.7 Å². The van der Waals surface area contributed by atoms with E-state index in [0.29, 0.717) is 38.2 Å². The Hall–Kier alpha value is -4.36. The van der Waals surface area contributed by atoms with E-state index >= 15 is 0 Å². The van der Waals surface area contributed by atoms with Crippen LogP contribution in [0.15, 0.2) is 97.1 Å². The molecule has 2 unspecified atom stereocenters. The molecule has 1 saturated heterocycles. The lowest BCUT2D eigenvalue weighted by atomic mass is 9.87. The lowest BCUT2D eigenvalue weighted by Gasteiger charge is -2.40. The molecule has 4 aromatic rings. The molecule has 1 aliphatic rings. The van der Waals surface area contributed by atoms with Crippen LogP contribution in [0.1, 0.15) is 40.2 Å². The van der Waals surface area contributed by atoms with Gasteiger partial charge in [-0.1, -0.05) is 66.7 Å². The van der Waals surface area contributed by atoms with Crippen LogP contribution in [-0.2, 0) is 16.1 Å². The maximum atomic E-state index is 12.0. The zero-order valence-electron chi connectivity index (χ0n) is 22.2. The molecule has 206 valence electrons. The average Bonchev–Trinajstić information content (AvgIpc) is 3.00. The van der Waals surface area contributed by atoms with Gasteiger partial charge in [0.05, 0.1) is 31.5 Å². The number of rotatable bonds is 10. The molecule has 0 radical (unpaired) electrons. The number of nitrogens with zero attached hydrogens (tertiary/aromatic N) is 1. The minimum Gasteiger partial charge on any atom is -0.530 e. The molecule has 0 bridgehead atoms. The topological polar surface area (TPSA) is 88.1 Å². The number of carbonyl (C=O) groups excluding carboxylic acids is 2. The Morgan fingerprint density at radius 2 is 1.60 bits per heavy atom. The Balaban J connectivity index is 1.15. The Morgan fingerprint density at radius 1 is 0.850 bits per heavy atom.